The van der Waals surface area contributed by atoms with Gasteiger partial charge in [-0.05, 0) is 0 Å². The van der Waals surface area contributed by atoms with Gasteiger partial charge in [-0.3, -0.25) is 0 Å². The molecule has 0 aromatic heterocycles. The van der Waals surface area contributed by atoms with E-state index in [2.05, 4.69) is 32.8 Å². The van der Waals surface area contributed by atoms with Gasteiger partial charge in [-0.15, -0.1) is 0 Å². The van der Waals surface area contributed by atoms with Crippen LogP contribution in [0.2, 0.25) is 0 Å². The number of likely N-dealkylation sites (N-methyl/N-ethyl adjacent to an activating group) is 1. The monoisotopic (exact) mass is 353 g/mol. The fraction of sp³-hybridized carbons (Fsp3) is 1.00. The number of hydrogen-bond acceptors (Lipinski definition) is 2. The molecular formula is C8H19NOPb. The Labute approximate surface area is 86.6 Å². The second-order valence-electron chi connectivity index (χ2n) is 3.25. The van der Waals surface area contributed by atoms with E-state index in [0.717, 1.165) is 19.4 Å². The van der Waals surface area contributed by atoms with Gasteiger partial charge in [0.1, 0.15) is 0 Å². The van der Waals surface area contributed by atoms with Gasteiger partial charge in [0, 0.05) is 0 Å². The summed E-state index contributed by atoms with van der Waals surface area (Å²) in [7, 11) is 4.20. The third-order valence-electron chi connectivity index (χ3n) is 2.14. The second kappa shape index (κ2) is 5.48. The Hall–Kier alpha value is 0.842. The Morgan fingerprint density at radius 1 is 1.27 bits per heavy atom. The van der Waals surface area contributed by atoms with Gasteiger partial charge in [-0.25, -0.2) is 0 Å². The van der Waals surface area contributed by atoms with Gasteiger partial charge in [0.15, 0.2) is 0 Å². The molecule has 0 aromatic rings. The topological polar surface area (TPSA) is 12.5 Å². The molecule has 2 nitrogen and oxygen atoms in total. The Balaban J connectivity index is 4.05. The molecule has 0 aliphatic carbocycles. The van der Waals surface area contributed by atoms with Crippen LogP contribution in [-0.2, 0) is 2.69 Å². The molecule has 0 amide bonds. The van der Waals surface area contributed by atoms with Crippen LogP contribution in [-0.4, -0.2) is 57.4 Å². The molecule has 0 unspecified atom stereocenters. The minimum absolute atomic E-state index is 0.147. The van der Waals surface area contributed by atoms with Crippen molar-refractivity contribution in [3.8, 4) is 0 Å². The maximum absolute atomic E-state index is 5.67. The molecule has 0 saturated carbocycles. The number of nitrogens with zero attached hydrogens (tertiary/aromatic N) is 1. The predicted octanol–water partition coefficient (Wildman–Crippen LogP) is 0.939. The average Bonchev–Trinajstić information content (AvgIpc) is 2.00. The molecular weight excluding hydrogens is 333 g/mol. The SMILES string of the molecule is CCC(CC)(CN(C)C)[O][PbH]. The average molecular weight is 352 g/mol. The van der Waals surface area contributed by atoms with Gasteiger partial charge < -0.3 is 0 Å². The van der Waals surface area contributed by atoms with E-state index in [1.807, 2.05) is 0 Å². The van der Waals surface area contributed by atoms with Crippen molar-refractivity contribution in [1.29, 1.82) is 0 Å². The van der Waals surface area contributed by atoms with Gasteiger partial charge in [0.2, 0.25) is 0 Å². The third-order valence-corrected chi connectivity index (χ3v) is 4.09. The van der Waals surface area contributed by atoms with E-state index < -0.39 is 0 Å². The maximum atomic E-state index is 5.67. The van der Waals surface area contributed by atoms with Gasteiger partial charge in [0.05, 0.1) is 0 Å². The molecule has 0 atom stereocenters. The van der Waals surface area contributed by atoms with Crippen LogP contribution in [0.1, 0.15) is 26.7 Å². The molecule has 0 rings (SSSR count). The summed E-state index contributed by atoms with van der Waals surface area (Å²) in [6.45, 7) is 5.46. The van der Waals surface area contributed by atoms with Gasteiger partial charge in [-0.2, -0.15) is 0 Å². The number of hydrogen-bond donors (Lipinski definition) is 0. The normalized spacial score (nSPS) is 12.5. The molecule has 0 heterocycles. The van der Waals surface area contributed by atoms with Crippen LogP contribution in [0.4, 0.5) is 0 Å². The fourth-order valence-corrected chi connectivity index (χ4v) is 2.84. The molecule has 11 heavy (non-hydrogen) atoms. The van der Waals surface area contributed by atoms with Crippen LogP contribution in [0.5, 0.6) is 0 Å². The minimum atomic E-state index is 0.147. The van der Waals surface area contributed by atoms with Crippen molar-refractivity contribution in [2.45, 2.75) is 32.3 Å². The fourth-order valence-electron chi connectivity index (χ4n) is 1.25. The van der Waals surface area contributed by atoms with Crippen molar-refractivity contribution in [3.05, 3.63) is 0 Å². The summed E-state index contributed by atoms with van der Waals surface area (Å²) in [6, 6.07) is 0. The van der Waals surface area contributed by atoms with E-state index in [4.69, 9.17) is 2.69 Å². The summed E-state index contributed by atoms with van der Waals surface area (Å²) >= 11 is 0.653. The molecule has 0 fully saturated rings. The molecule has 0 N–H and O–H groups in total. The molecule has 0 aliphatic rings. The van der Waals surface area contributed by atoms with E-state index in [1.54, 1.807) is 0 Å². The quantitative estimate of drug-likeness (QED) is 0.683. The van der Waals surface area contributed by atoms with Gasteiger partial charge in [0.25, 0.3) is 0 Å². The molecule has 0 aliphatic heterocycles. The first-order chi connectivity index (χ1) is 5.10. The van der Waals surface area contributed by atoms with Crippen LogP contribution >= 0.6 is 0 Å². The summed E-state index contributed by atoms with van der Waals surface area (Å²) in [6.07, 6.45) is 2.25. The number of rotatable bonds is 5. The van der Waals surface area contributed by atoms with Crippen LogP contribution in [0.25, 0.3) is 0 Å². The molecule has 0 aromatic carbocycles. The van der Waals surface area contributed by atoms with E-state index >= 15 is 0 Å². The van der Waals surface area contributed by atoms with E-state index in [0.29, 0.717) is 26.2 Å². The van der Waals surface area contributed by atoms with Crippen molar-refractivity contribution >= 4 is 26.2 Å². The zero-order valence-electron chi connectivity index (χ0n) is 8.05. The zero-order chi connectivity index (χ0) is 8.91. The van der Waals surface area contributed by atoms with Crippen molar-refractivity contribution in [2.75, 3.05) is 20.6 Å². The Morgan fingerprint density at radius 3 is 1.82 bits per heavy atom. The predicted molar refractivity (Wildman–Crippen MR) is 50.1 cm³/mol. The molecule has 0 spiro atoms. The standard InChI is InChI=1S/C8H18NO.Pb.H/c1-5-8(10,6-2)7-9(3)4;;/h5-7H2,1-4H3;;/q-1;+1;. The summed E-state index contributed by atoms with van der Waals surface area (Å²) in [5.74, 6) is 0. The molecule has 0 saturated heterocycles. The van der Waals surface area contributed by atoms with Gasteiger partial charge >= 0.3 is 86.7 Å². The van der Waals surface area contributed by atoms with Crippen LogP contribution in [0, 0.1) is 0 Å². The van der Waals surface area contributed by atoms with Crippen molar-refractivity contribution in [3.63, 3.8) is 0 Å². The first-order valence-electron chi connectivity index (χ1n) is 4.13. The van der Waals surface area contributed by atoms with Crippen LogP contribution in [0.15, 0.2) is 0 Å². The van der Waals surface area contributed by atoms with Crippen LogP contribution < -0.4 is 0 Å². The molecule has 0 bridgehead atoms. The molecule has 3 heteroatoms. The third kappa shape index (κ3) is 3.85. The van der Waals surface area contributed by atoms with Crippen molar-refractivity contribution in [2.24, 2.45) is 0 Å². The Morgan fingerprint density at radius 2 is 1.73 bits per heavy atom. The van der Waals surface area contributed by atoms with Crippen LogP contribution in [0.3, 0.4) is 0 Å². The Bertz CT molecular complexity index is 94.0. The van der Waals surface area contributed by atoms with Crippen molar-refractivity contribution in [1.82, 2.24) is 4.90 Å². The summed E-state index contributed by atoms with van der Waals surface area (Å²) in [5.41, 5.74) is 0.147. The summed E-state index contributed by atoms with van der Waals surface area (Å²) in [4.78, 5) is 2.20. The zero-order valence-corrected chi connectivity index (χ0v) is 12.5. The van der Waals surface area contributed by atoms with Gasteiger partial charge in [-0.1, -0.05) is 0 Å². The molecule has 66 valence electrons. The van der Waals surface area contributed by atoms with E-state index in [-0.39, 0.29) is 5.60 Å². The van der Waals surface area contributed by atoms with E-state index in [9.17, 15) is 0 Å². The summed E-state index contributed by atoms with van der Waals surface area (Å²) < 4.78 is 5.67. The molecule has 2 radical (unpaired) electrons. The van der Waals surface area contributed by atoms with Crippen molar-refractivity contribution < 1.29 is 2.69 Å². The first kappa shape index (κ1) is 11.8. The first-order valence-corrected chi connectivity index (χ1v) is 5.96. The summed E-state index contributed by atoms with van der Waals surface area (Å²) in [5, 5.41) is 0. The second-order valence-corrected chi connectivity index (χ2v) is 4.16. The van der Waals surface area contributed by atoms with E-state index in [1.165, 1.54) is 0 Å². The Kier molecular flexibility index (Phi) is 5.90.